The molecule has 2 aliphatic carbocycles. The zero-order chi connectivity index (χ0) is 26.0. The van der Waals surface area contributed by atoms with Gasteiger partial charge in [0.2, 0.25) is 0 Å². The van der Waals surface area contributed by atoms with Crippen LogP contribution < -0.4 is 0 Å². The van der Waals surface area contributed by atoms with Crippen molar-refractivity contribution in [2.45, 2.75) is 50.9 Å². The van der Waals surface area contributed by atoms with Gasteiger partial charge in [0, 0.05) is 0 Å². The van der Waals surface area contributed by atoms with Crippen LogP contribution in [0.2, 0.25) is 26.2 Å². The quantitative estimate of drug-likeness (QED) is 0.152. The van der Waals surface area contributed by atoms with E-state index >= 15 is 0 Å². The molecule has 0 N–H and O–H groups in total. The summed E-state index contributed by atoms with van der Waals surface area (Å²) in [5.41, 5.74) is 8.62. The second-order valence-corrected chi connectivity index (χ2v) is 16.1. The molecule has 0 saturated heterocycles. The largest absolute Gasteiger partial charge is 3.00 e. The van der Waals surface area contributed by atoms with Crippen molar-refractivity contribution in [2.75, 3.05) is 0 Å². The minimum absolute atomic E-state index is 0. The summed E-state index contributed by atoms with van der Waals surface area (Å²) in [4.78, 5) is 0. The van der Waals surface area contributed by atoms with Gasteiger partial charge in [-0.1, -0.05) is 141 Å². The zero-order valence-electron chi connectivity index (χ0n) is 23.1. The second kappa shape index (κ2) is 15.8. The molecule has 0 fully saturated rings. The summed E-state index contributed by atoms with van der Waals surface area (Å²) in [6.45, 7) is 9.08. The molecule has 0 aromatic heterocycles. The summed E-state index contributed by atoms with van der Waals surface area (Å²) in [5.74, 6) is 1.15. The molecule has 0 amide bonds. The molecular weight excluding hydrogens is 636 g/mol. The number of hydrogen-bond donors (Lipinski definition) is 0. The Morgan fingerprint density at radius 3 is 1.18 bits per heavy atom. The third-order valence-electron chi connectivity index (χ3n) is 6.80. The van der Waals surface area contributed by atoms with Gasteiger partial charge in [-0.3, -0.25) is 0 Å². The van der Waals surface area contributed by atoms with E-state index in [0.717, 1.165) is 12.8 Å². The van der Waals surface area contributed by atoms with Crippen molar-refractivity contribution in [3.8, 4) is 0 Å². The molecule has 4 aromatic rings. The van der Waals surface area contributed by atoms with Crippen molar-refractivity contribution in [2.24, 2.45) is 0 Å². The fourth-order valence-corrected chi connectivity index (χ4v) is 9.99. The Morgan fingerprint density at radius 1 is 0.526 bits per heavy atom. The van der Waals surface area contributed by atoms with Crippen LogP contribution in [0.4, 0.5) is 0 Å². The van der Waals surface area contributed by atoms with E-state index in [1.54, 1.807) is 0 Å². The fourth-order valence-electron chi connectivity index (χ4n) is 5.22. The molecular formula is C34H40GdNSi2. The first-order chi connectivity index (χ1) is 18.0. The van der Waals surface area contributed by atoms with Crippen LogP contribution in [0, 0.1) is 52.8 Å². The van der Waals surface area contributed by atoms with Gasteiger partial charge in [0.25, 0.3) is 0 Å². The SMILES string of the molecule is C[SiH](C)[N-][SiH](C)C.[Gd+3].c1ccc(C2[CH-]c3ccccc3C2)cc1.c1ccc(C2[CH-]c3ccccc3C2)cc1. The molecule has 2 unspecified atom stereocenters. The van der Waals surface area contributed by atoms with Crippen molar-refractivity contribution in [3.05, 3.63) is 160 Å². The molecule has 0 spiro atoms. The monoisotopic (exact) mass is 676 g/mol. The Balaban J connectivity index is 0.000000167. The molecule has 0 heterocycles. The van der Waals surface area contributed by atoms with Crippen LogP contribution >= 0.6 is 0 Å². The summed E-state index contributed by atoms with van der Waals surface area (Å²) in [7, 11) is -1.08. The van der Waals surface area contributed by atoms with Crippen molar-refractivity contribution in [3.63, 3.8) is 0 Å². The molecule has 0 saturated carbocycles. The van der Waals surface area contributed by atoms with Crippen LogP contribution in [0.25, 0.3) is 4.65 Å². The van der Waals surface area contributed by atoms with E-state index < -0.39 is 17.9 Å². The topological polar surface area (TPSA) is 14.1 Å². The summed E-state index contributed by atoms with van der Waals surface area (Å²) < 4.78 is 4.56. The standard InChI is InChI=1S/2C15H13.C4H14NSi2.Gd/c2*1-2-6-12(7-3-1)15-10-13-8-4-5-9-14(13)11-15;1-6(2)5-7(3)4;/h2*1-10,15H,11H2;6-7H,1-4H3;/q3*-1;+3. The Morgan fingerprint density at radius 2 is 0.868 bits per heavy atom. The number of hydrogen-bond acceptors (Lipinski definition) is 0. The summed E-state index contributed by atoms with van der Waals surface area (Å²) in [5, 5.41) is 0. The molecule has 2 atom stereocenters. The van der Waals surface area contributed by atoms with Crippen molar-refractivity contribution >= 4 is 17.9 Å². The summed E-state index contributed by atoms with van der Waals surface area (Å²) >= 11 is 0. The first-order valence-corrected chi connectivity index (χ1v) is 19.3. The van der Waals surface area contributed by atoms with E-state index in [-0.39, 0.29) is 39.9 Å². The first kappa shape index (κ1) is 30.9. The maximum Gasteiger partial charge on any atom is 3.00 e. The van der Waals surface area contributed by atoms with Gasteiger partial charge in [-0.2, -0.15) is 36.1 Å². The summed E-state index contributed by atoms with van der Waals surface area (Å²) in [6, 6.07) is 38.8. The van der Waals surface area contributed by atoms with Gasteiger partial charge < -0.3 is 4.65 Å². The fraction of sp³-hybridized carbons (Fsp3) is 0.235. The van der Waals surface area contributed by atoms with Gasteiger partial charge in [-0.25, -0.2) is 0 Å². The van der Waals surface area contributed by atoms with Crippen LogP contribution in [0.1, 0.15) is 45.2 Å². The molecule has 1 radical (unpaired) electrons. The number of nitrogens with zero attached hydrogens (tertiary/aromatic N) is 1. The minimum Gasteiger partial charge on any atom is -0.672 e. The van der Waals surface area contributed by atoms with Gasteiger partial charge in [-0.15, -0.1) is 35.4 Å². The van der Waals surface area contributed by atoms with Crippen molar-refractivity contribution < 1.29 is 39.9 Å². The number of fused-ring (bicyclic) bond motifs is 2. The molecule has 4 aromatic carbocycles. The van der Waals surface area contributed by atoms with Gasteiger partial charge in [-0.05, 0) is 11.8 Å². The predicted molar refractivity (Wildman–Crippen MR) is 167 cm³/mol. The number of benzene rings is 4. The molecule has 6 rings (SSSR count). The third-order valence-corrected chi connectivity index (χ3v) is 11.6. The van der Waals surface area contributed by atoms with Crippen molar-refractivity contribution in [1.82, 2.24) is 0 Å². The Kier molecular flexibility index (Phi) is 12.8. The average molecular weight is 676 g/mol. The second-order valence-electron chi connectivity index (χ2n) is 10.5. The predicted octanol–water partition coefficient (Wildman–Crippen LogP) is 8.48. The van der Waals surface area contributed by atoms with Crippen LogP contribution in [-0.4, -0.2) is 17.9 Å². The van der Waals surface area contributed by atoms with Crippen LogP contribution in [0.5, 0.6) is 0 Å². The van der Waals surface area contributed by atoms with Crippen molar-refractivity contribution in [1.29, 1.82) is 0 Å². The van der Waals surface area contributed by atoms with E-state index in [9.17, 15) is 0 Å². The maximum atomic E-state index is 4.56. The van der Waals surface area contributed by atoms with E-state index in [2.05, 4.69) is 153 Å². The van der Waals surface area contributed by atoms with E-state index in [1.165, 1.54) is 33.4 Å². The molecule has 1 nitrogen and oxygen atoms in total. The molecule has 2 aliphatic rings. The Bertz CT molecular complexity index is 1080. The van der Waals surface area contributed by atoms with Gasteiger partial charge in [0.15, 0.2) is 0 Å². The van der Waals surface area contributed by atoms with E-state index in [0.29, 0.717) is 11.8 Å². The number of rotatable bonds is 4. The molecule has 0 aliphatic heterocycles. The Hall–Kier alpha value is -1.66. The maximum absolute atomic E-state index is 4.56. The van der Waals surface area contributed by atoms with E-state index in [4.69, 9.17) is 0 Å². The van der Waals surface area contributed by atoms with Gasteiger partial charge in [0.1, 0.15) is 0 Å². The normalized spacial score (nSPS) is 16.5. The van der Waals surface area contributed by atoms with Gasteiger partial charge >= 0.3 is 39.9 Å². The minimum atomic E-state index is -0.542. The Labute approximate surface area is 266 Å². The molecule has 38 heavy (non-hydrogen) atoms. The summed E-state index contributed by atoms with van der Waals surface area (Å²) in [6.07, 6.45) is 7.07. The van der Waals surface area contributed by atoms with Gasteiger partial charge in [0.05, 0.1) is 0 Å². The van der Waals surface area contributed by atoms with Crippen LogP contribution in [0.3, 0.4) is 0 Å². The third kappa shape index (κ3) is 9.22. The average Bonchev–Trinajstić information content (AvgIpc) is 3.54. The first-order valence-electron chi connectivity index (χ1n) is 13.6. The molecule has 0 bridgehead atoms. The smallest absolute Gasteiger partial charge is 0.672 e. The van der Waals surface area contributed by atoms with Crippen LogP contribution in [-0.2, 0) is 12.8 Å². The molecule has 4 heteroatoms. The molecule has 197 valence electrons. The van der Waals surface area contributed by atoms with Crippen LogP contribution in [0.15, 0.2) is 109 Å². The zero-order valence-corrected chi connectivity index (χ0v) is 27.6. The van der Waals surface area contributed by atoms with E-state index in [1.807, 2.05) is 0 Å².